The number of carbonyl (C=O) groups excluding carboxylic acids is 1. The average Bonchev–Trinajstić information content (AvgIpc) is 2.41. The monoisotopic (exact) mass is 266 g/mol. The van der Waals surface area contributed by atoms with Crippen molar-refractivity contribution in [3.8, 4) is 0 Å². The zero-order chi connectivity index (χ0) is 14.3. The first-order valence-electron chi connectivity index (χ1n) is 6.82. The molecule has 1 unspecified atom stereocenters. The van der Waals surface area contributed by atoms with Crippen molar-refractivity contribution in [3.63, 3.8) is 0 Å². The molecule has 2 aromatic rings. The average molecular weight is 266 g/mol. The summed E-state index contributed by atoms with van der Waals surface area (Å²) in [5, 5.41) is 3.00. The summed E-state index contributed by atoms with van der Waals surface area (Å²) in [7, 11) is 0. The van der Waals surface area contributed by atoms with Gasteiger partial charge in [-0.3, -0.25) is 4.79 Å². The van der Waals surface area contributed by atoms with Crippen LogP contribution in [-0.2, 0) is 11.2 Å². The third-order valence-corrected chi connectivity index (χ3v) is 4.19. The van der Waals surface area contributed by atoms with E-state index in [2.05, 4.69) is 11.4 Å². The van der Waals surface area contributed by atoms with E-state index in [0.717, 1.165) is 28.8 Å². The Morgan fingerprint density at radius 2 is 1.95 bits per heavy atom. The summed E-state index contributed by atoms with van der Waals surface area (Å²) in [4.78, 5) is 12.4. The van der Waals surface area contributed by atoms with Gasteiger partial charge < -0.3 is 11.1 Å². The molecule has 0 bridgehead atoms. The van der Waals surface area contributed by atoms with E-state index in [0.29, 0.717) is 5.69 Å². The van der Waals surface area contributed by atoms with Crippen molar-refractivity contribution in [2.24, 2.45) is 0 Å². The highest BCUT2D eigenvalue weighted by Crippen LogP contribution is 2.36. The maximum atomic E-state index is 12.4. The second kappa shape index (κ2) is 4.67. The first kappa shape index (κ1) is 12.7. The molecule has 102 valence electrons. The number of hydrogen-bond acceptors (Lipinski definition) is 2. The van der Waals surface area contributed by atoms with E-state index in [4.69, 9.17) is 5.73 Å². The standard InChI is InChI=1S/C17H18N2O/c1-10-7-8-15(18)16(11(10)2)19-17(20)14-9-12-5-3-4-6-13(12)14/h3-8,14H,9,18H2,1-2H3,(H,19,20). The molecule has 0 saturated heterocycles. The van der Waals surface area contributed by atoms with Gasteiger partial charge in [0.1, 0.15) is 0 Å². The van der Waals surface area contributed by atoms with E-state index in [1.165, 1.54) is 5.56 Å². The van der Waals surface area contributed by atoms with Crippen LogP contribution < -0.4 is 11.1 Å². The number of amides is 1. The summed E-state index contributed by atoms with van der Waals surface area (Å²) in [6.45, 7) is 4.00. The van der Waals surface area contributed by atoms with E-state index in [-0.39, 0.29) is 11.8 Å². The molecule has 3 heteroatoms. The molecule has 0 saturated carbocycles. The second-order valence-corrected chi connectivity index (χ2v) is 5.42. The van der Waals surface area contributed by atoms with E-state index in [1.54, 1.807) is 0 Å². The lowest BCUT2D eigenvalue weighted by Gasteiger charge is -2.29. The fraction of sp³-hybridized carbons (Fsp3) is 0.235. The van der Waals surface area contributed by atoms with Crippen LogP contribution in [0.5, 0.6) is 0 Å². The Bertz CT molecular complexity index is 691. The number of benzene rings is 2. The predicted molar refractivity (Wildman–Crippen MR) is 81.8 cm³/mol. The van der Waals surface area contributed by atoms with Crippen molar-refractivity contribution in [1.29, 1.82) is 0 Å². The van der Waals surface area contributed by atoms with Crippen LogP contribution in [0.25, 0.3) is 0 Å². The van der Waals surface area contributed by atoms with Crippen molar-refractivity contribution in [2.45, 2.75) is 26.2 Å². The van der Waals surface area contributed by atoms with Gasteiger partial charge in [-0.2, -0.15) is 0 Å². The van der Waals surface area contributed by atoms with Gasteiger partial charge in [0, 0.05) is 0 Å². The van der Waals surface area contributed by atoms with E-state index >= 15 is 0 Å². The lowest BCUT2D eigenvalue weighted by molar-refractivity contribution is -0.118. The van der Waals surface area contributed by atoms with Gasteiger partial charge in [0.25, 0.3) is 0 Å². The maximum absolute atomic E-state index is 12.4. The molecule has 1 atom stereocenters. The number of carbonyl (C=O) groups is 1. The van der Waals surface area contributed by atoms with Crippen LogP contribution in [0.15, 0.2) is 36.4 Å². The molecule has 0 aromatic heterocycles. The number of nitrogens with two attached hydrogens (primary N) is 1. The Hall–Kier alpha value is -2.29. The Kier molecular flexibility index (Phi) is 2.97. The molecule has 0 fully saturated rings. The maximum Gasteiger partial charge on any atom is 0.232 e. The van der Waals surface area contributed by atoms with Gasteiger partial charge in [-0.05, 0) is 48.6 Å². The minimum absolute atomic E-state index is 0.0316. The lowest BCUT2D eigenvalue weighted by Crippen LogP contribution is -2.30. The topological polar surface area (TPSA) is 55.1 Å². The molecular formula is C17H18N2O. The van der Waals surface area contributed by atoms with Crippen molar-refractivity contribution in [1.82, 2.24) is 0 Å². The fourth-order valence-corrected chi connectivity index (χ4v) is 2.71. The normalized spacial score (nSPS) is 16.2. The largest absolute Gasteiger partial charge is 0.397 e. The molecule has 1 amide bonds. The van der Waals surface area contributed by atoms with E-state index < -0.39 is 0 Å². The van der Waals surface area contributed by atoms with Gasteiger partial charge in [0.15, 0.2) is 0 Å². The van der Waals surface area contributed by atoms with Crippen LogP contribution in [0, 0.1) is 13.8 Å². The Labute approximate surface area is 118 Å². The Morgan fingerprint density at radius 3 is 2.70 bits per heavy atom. The van der Waals surface area contributed by atoms with E-state index in [9.17, 15) is 4.79 Å². The zero-order valence-corrected chi connectivity index (χ0v) is 11.7. The molecule has 0 aliphatic heterocycles. The van der Waals surface area contributed by atoms with Crippen molar-refractivity contribution in [2.75, 3.05) is 11.1 Å². The third kappa shape index (κ3) is 1.95. The molecule has 1 aliphatic carbocycles. The predicted octanol–water partition coefficient (Wildman–Crippen LogP) is 3.16. The van der Waals surface area contributed by atoms with Gasteiger partial charge in [-0.15, -0.1) is 0 Å². The first-order valence-corrected chi connectivity index (χ1v) is 6.82. The van der Waals surface area contributed by atoms with Gasteiger partial charge in [0.2, 0.25) is 5.91 Å². The van der Waals surface area contributed by atoms with E-state index in [1.807, 2.05) is 44.2 Å². The fourth-order valence-electron chi connectivity index (χ4n) is 2.71. The summed E-state index contributed by atoms with van der Waals surface area (Å²) in [5.41, 5.74) is 11.9. The van der Waals surface area contributed by atoms with Gasteiger partial charge in [0.05, 0.1) is 17.3 Å². The van der Waals surface area contributed by atoms with Crippen LogP contribution >= 0.6 is 0 Å². The Balaban J connectivity index is 1.84. The number of anilines is 2. The smallest absolute Gasteiger partial charge is 0.232 e. The van der Waals surface area contributed by atoms with Crippen molar-refractivity contribution in [3.05, 3.63) is 58.7 Å². The SMILES string of the molecule is Cc1ccc(N)c(NC(=O)C2Cc3ccccc32)c1C. The number of hydrogen-bond donors (Lipinski definition) is 2. The minimum Gasteiger partial charge on any atom is -0.397 e. The van der Waals surface area contributed by atoms with Crippen LogP contribution in [0.3, 0.4) is 0 Å². The molecule has 0 radical (unpaired) electrons. The highest BCUT2D eigenvalue weighted by atomic mass is 16.1. The zero-order valence-electron chi connectivity index (χ0n) is 11.7. The molecule has 0 spiro atoms. The van der Waals surface area contributed by atoms with Gasteiger partial charge in [-0.25, -0.2) is 0 Å². The summed E-state index contributed by atoms with van der Waals surface area (Å²) in [6, 6.07) is 11.9. The van der Waals surface area contributed by atoms with Crippen molar-refractivity contribution < 1.29 is 4.79 Å². The lowest BCUT2D eigenvalue weighted by atomic mass is 9.77. The minimum atomic E-state index is -0.0505. The molecule has 2 aromatic carbocycles. The molecule has 0 heterocycles. The first-order chi connectivity index (χ1) is 9.58. The summed E-state index contributed by atoms with van der Waals surface area (Å²) in [6.07, 6.45) is 0.812. The number of fused-ring (bicyclic) bond motifs is 1. The van der Waals surface area contributed by atoms with Gasteiger partial charge in [-0.1, -0.05) is 30.3 Å². The number of rotatable bonds is 2. The highest BCUT2D eigenvalue weighted by molar-refractivity contribution is 6.00. The molecule has 20 heavy (non-hydrogen) atoms. The third-order valence-electron chi connectivity index (χ3n) is 4.19. The molecule has 3 rings (SSSR count). The molecular weight excluding hydrogens is 248 g/mol. The molecule has 3 N–H and O–H groups in total. The number of nitrogens with one attached hydrogen (secondary N) is 1. The molecule has 1 aliphatic rings. The highest BCUT2D eigenvalue weighted by Gasteiger charge is 2.32. The van der Waals surface area contributed by atoms with Crippen LogP contribution in [0.1, 0.15) is 28.2 Å². The summed E-state index contributed by atoms with van der Waals surface area (Å²) >= 11 is 0. The quantitative estimate of drug-likeness (QED) is 0.820. The van der Waals surface area contributed by atoms with Crippen LogP contribution in [-0.4, -0.2) is 5.91 Å². The second-order valence-electron chi connectivity index (χ2n) is 5.42. The number of aryl methyl sites for hydroxylation is 1. The van der Waals surface area contributed by atoms with Crippen LogP contribution in [0.2, 0.25) is 0 Å². The Morgan fingerprint density at radius 1 is 1.20 bits per heavy atom. The number of nitrogen functional groups attached to an aromatic ring is 1. The van der Waals surface area contributed by atoms with Gasteiger partial charge >= 0.3 is 0 Å². The summed E-state index contributed by atoms with van der Waals surface area (Å²) < 4.78 is 0. The van der Waals surface area contributed by atoms with Crippen LogP contribution in [0.4, 0.5) is 11.4 Å². The summed E-state index contributed by atoms with van der Waals surface area (Å²) in [5.74, 6) is -0.0189. The molecule has 3 nitrogen and oxygen atoms in total. The van der Waals surface area contributed by atoms with Crippen molar-refractivity contribution >= 4 is 17.3 Å².